The molecule has 0 aliphatic carbocycles. The van der Waals surface area contributed by atoms with E-state index in [1.54, 1.807) is 35.1 Å². The first-order valence-electron chi connectivity index (χ1n) is 5.44. The van der Waals surface area contributed by atoms with Crippen LogP contribution in [0.25, 0.3) is 5.69 Å². The molecule has 0 aliphatic heterocycles. The van der Waals surface area contributed by atoms with Crippen molar-refractivity contribution in [1.82, 2.24) is 9.78 Å². The summed E-state index contributed by atoms with van der Waals surface area (Å²) in [7, 11) is -2.41. The van der Waals surface area contributed by atoms with Gasteiger partial charge in [0.25, 0.3) is 0 Å². The average molecular weight is 303 g/mol. The van der Waals surface area contributed by atoms with Crippen LogP contribution in [0.1, 0.15) is 4.11 Å². The summed E-state index contributed by atoms with van der Waals surface area (Å²) in [4.78, 5) is 0. The summed E-state index contributed by atoms with van der Waals surface area (Å²) >= 11 is 2.17. The summed E-state index contributed by atoms with van der Waals surface area (Å²) < 4.78 is 28.5. The van der Waals surface area contributed by atoms with Crippen molar-refractivity contribution in [3.63, 3.8) is 0 Å². The number of benzene rings is 1. The zero-order valence-corrected chi connectivity index (χ0v) is 9.30. The SMILES string of the molecule is [2H]C([2H])([2H])Oc1ccc(-n2cc(I)cn2)cc1. The standard InChI is InChI=1S/C10H9IN2O/c1-14-10-4-2-9(3-5-10)13-7-8(11)6-12-13/h2-7H,1H3/i1D3. The van der Waals surface area contributed by atoms with Gasteiger partial charge in [0.05, 0.1) is 26.6 Å². The van der Waals surface area contributed by atoms with Crippen molar-refractivity contribution in [3.8, 4) is 11.4 Å². The Hall–Kier alpha value is -1.04. The Morgan fingerprint density at radius 2 is 2.21 bits per heavy atom. The predicted molar refractivity (Wildman–Crippen MR) is 62.8 cm³/mol. The Labute approximate surface area is 100 Å². The Bertz CT molecular complexity index is 507. The number of halogens is 1. The summed E-state index contributed by atoms with van der Waals surface area (Å²) in [5, 5.41) is 4.15. The van der Waals surface area contributed by atoms with Crippen molar-refractivity contribution < 1.29 is 8.85 Å². The van der Waals surface area contributed by atoms with E-state index < -0.39 is 7.04 Å². The van der Waals surface area contributed by atoms with E-state index in [1.165, 1.54) is 0 Å². The highest BCUT2D eigenvalue weighted by Crippen LogP contribution is 2.15. The average Bonchev–Trinajstić information content (AvgIpc) is 2.63. The van der Waals surface area contributed by atoms with Crippen molar-refractivity contribution in [2.45, 2.75) is 0 Å². The van der Waals surface area contributed by atoms with Crippen LogP contribution >= 0.6 is 22.6 Å². The monoisotopic (exact) mass is 303 g/mol. The highest BCUT2D eigenvalue weighted by Gasteiger charge is 1.98. The van der Waals surface area contributed by atoms with Crippen LogP contribution < -0.4 is 4.74 Å². The van der Waals surface area contributed by atoms with Crippen molar-refractivity contribution in [1.29, 1.82) is 0 Å². The van der Waals surface area contributed by atoms with Crippen LogP contribution in [-0.4, -0.2) is 16.8 Å². The van der Waals surface area contributed by atoms with Gasteiger partial charge in [-0.05, 0) is 46.9 Å². The summed E-state index contributed by atoms with van der Waals surface area (Å²) in [5.74, 6) is 0.315. The molecule has 3 nitrogen and oxygen atoms in total. The third-order valence-corrected chi connectivity index (χ3v) is 2.33. The molecule has 0 radical (unpaired) electrons. The maximum absolute atomic E-state index is 6.98. The molecule has 1 aromatic heterocycles. The number of hydrogen-bond acceptors (Lipinski definition) is 2. The summed E-state index contributed by atoms with van der Waals surface area (Å²) in [6, 6.07) is 6.72. The Morgan fingerprint density at radius 3 is 2.79 bits per heavy atom. The van der Waals surface area contributed by atoms with Gasteiger partial charge < -0.3 is 4.74 Å². The van der Waals surface area contributed by atoms with Crippen LogP contribution in [0, 0.1) is 3.57 Å². The van der Waals surface area contributed by atoms with E-state index in [-0.39, 0.29) is 0 Å². The van der Waals surface area contributed by atoms with Gasteiger partial charge in [0, 0.05) is 6.20 Å². The van der Waals surface area contributed by atoms with E-state index in [0.717, 1.165) is 9.26 Å². The fourth-order valence-electron chi connectivity index (χ4n) is 1.11. The number of methoxy groups -OCH3 is 1. The van der Waals surface area contributed by atoms with E-state index in [1.807, 2.05) is 6.20 Å². The topological polar surface area (TPSA) is 27.1 Å². The molecule has 1 aromatic carbocycles. The van der Waals surface area contributed by atoms with Crippen molar-refractivity contribution >= 4 is 22.6 Å². The molecule has 1 heterocycles. The molecular formula is C10H9IN2O. The molecule has 0 unspecified atom stereocenters. The minimum atomic E-state index is -2.41. The first kappa shape index (κ1) is 6.44. The van der Waals surface area contributed by atoms with E-state index in [0.29, 0.717) is 5.75 Å². The lowest BCUT2D eigenvalue weighted by atomic mass is 10.3. The van der Waals surface area contributed by atoms with Crippen LogP contribution in [0.4, 0.5) is 0 Å². The zero-order valence-electron chi connectivity index (χ0n) is 10.1. The molecule has 4 heteroatoms. The molecule has 0 amide bonds. The Balaban J connectivity index is 2.19. The lowest BCUT2D eigenvalue weighted by molar-refractivity contribution is 0.414. The summed E-state index contributed by atoms with van der Waals surface area (Å²) in [5.41, 5.74) is 0.853. The third kappa shape index (κ3) is 1.89. The van der Waals surface area contributed by atoms with Gasteiger partial charge in [0.1, 0.15) is 5.75 Å². The molecule has 0 aliphatic rings. The molecule has 72 valence electrons. The zero-order chi connectivity index (χ0) is 12.5. The lowest BCUT2D eigenvalue weighted by Crippen LogP contribution is -1.93. The maximum atomic E-state index is 6.98. The van der Waals surface area contributed by atoms with E-state index >= 15 is 0 Å². The summed E-state index contributed by atoms with van der Waals surface area (Å²) in [6.07, 6.45) is 3.62. The number of aromatic nitrogens is 2. The van der Waals surface area contributed by atoms with Gasteiger partial charge in [0.2, 0.25) is 0 Å². The van der Waals surface area contributed by atoms with Gasteiger partial charge >= 0.3 is 0 Å². The van der Waals surface area contributed by atoms with Crippen molar-refractivity contribution in [2.24, 2.45) is 0 Å². The summed E-state index contributed by atoms with van der Waals surface area (Å²) in [6.45, 7) is 0. The van der Waals surface area contributed by atoms with E-state index in [9.17, 15) is 0 Å². The van der Waals surface area contributed by atoms with Gasteiger partial charge in [-0.1, -0.05) is 0 Å². The highest BCUT2D eigenvalue weighted by molar-refractivity contribution is 14.1. The number of ether oxygens (including phenoxy) is 1. The second-order valence-corrected chi connectivity index (χ2v) is 3.94. The number of hydrogen-bond donors (Lipinski definition) is 0. The molecule has 0 N–H and O–H groups in total. The van der Waals surface area contributed by atoms with Crippen molar-refractivity contribution in [2.75, 3.05) is 7.04 Å². The highest BCUT2D eigenvalue weighted by atomic mass is 127. The third-order valence-electron chi connectivity index (χ3n) is 1.77. The van der Waals surface area contributed by atoms with Gasteiger partial charge in [-0.3, -0.25) is 0 Å². The molecule has 0 fully saturated rings. The quantitative estimate of drug-likeness (QED) is 0.797. The van der Waals surface area contributed by atoms with Gasteiger partial charge in [-0.25, -0.2) is 4.68 Å². The lowest BCUT2D eigenvalue weighted by Gasteiger charge is -2.02. The van der Waals surface area contributed by atoms with Crippen LogP contribution in [0.2, 0.25) is 0 Å². The first-order valence-corrected chi connectivity index (χ1v) is 5.01. The molecular weight excluding hydrogens is 291 g/mol. The van der Waals surface area contributed by atoms with Crippen LogP contribution in [0.5, 0.6) is 5.75 Å². The van der Waals surface area contributed by atoms with Crippen LogP contribution in [0.15, 0.2) is 36.7 Å². The molecule has 0 saturated carbocycles. The molecule has 14 heavy (non-hydrogen) atoms. The molecule has 0 saturated heterocycles. The molecule has 0 spiro atoms. The molecule has 0 atom stereocenters. The van der Waals surface area contributed by atoms with E-state index in [4.69, 9.17) is 8.85 Å². The minimum Gasteiger partial charge on any atom is -0.497 e. The Kier molecular flexibility index (Phi) is 1.84. The second-order valence-electron chi connectivity index (χ2n) is 2.70. The Morgan fingerprint density at radius 1 is 1.43 bits per heavy atom. The van der Waals surface area contributed by atoms with Gasteiger partial charge in [-0.2, -0.15) is 5.10 Å². The number of nitrogens with zero attached hydrogens (tertiary/aromatic N) is 2. The van der Waals surface area contributed by atoms with E-state index in [2.05, 4.69) is 27.7 Å². The largest absolute Gasteiger partial charge is 0.497 e. The van der Waals surface area contributed by atoms with Crippen molar-refractivity contribution in [3.05, 3.63) is 40.2 Å². The minimum absolute atomic E-state index is 0.315. The number of rotatable bonds is 2. The predicted octanol–water partition coefficient (Wildman–Crippen LogP) is 2.49. The molecule has 2 aromatic rings. The second kappa shape index (κ2) is 4.00. The van der Waals surface area contributed by atoms with Crippen LogP contribution in [0.3, 0.4) is 0 Å². The van der Waals surface area contributed by atoms with Gasteiger partial charge in [0.15, 0.2) is 0 Å². The maximum Gasteiger partial charge on any atom is 0.119 e. The normalized spacial score (nSPS) is 14.2. The van der Waals surface area contributed by atoms with Crippen LogP contribution in [-0.2, 0) is 0 Å². The first-order chi connectivity index (χ1) is 7.94. The molecule has 0 bridgehead atoms. The fourth-order valence-corrected chi connectivity index (χ4v) is 1.50. The van der Waals surface area contributed by atoms with Gasteiger partial charge in [-0.15, -0.1) is 0 Å². The fraction of sp³-hybridized carbons (Fsp3) is 0.100. The smallest absolute Gasteiger partial charge is 0.119 e. The molecule has 2 rings (SSSR count).